The smallest absolute Gasteiger partial charge is 0.170 e. The van der Waals surface area contributed by atoms with E-state index < -0.39 is 0 Å². The first kappa shape index (κ1) is 13.7. The SMILES string of the molecule is O=C1CCc2cc3c(cc21)CC(c1ccc2ccccc2c1)C3=O. The molecule has 0 amide bonds. The third-order valence-electron chi connectivity index (χ3n) is 5.43. The largest absolute Gasteiger partial charge is 0.294 e. The topological polar surface area (TPSA) is 34.1 Å². The van der Waals surface area contributed by atoms with Crippen LogP contribution in [0.5, 0.6) is 0 Å². The molecule has 5 rings (SSSR count). The first-order valence-electron chi connectivity index (χ1n) is 8.42. The zero-order valence-electron chi connectivity index (χ0n) is 13.2. The highest BCUT2D eigenvalue weighted by Gasteiger charge is 2.34. The molecule has 1 unspecified atom stereocenters. The van der Waals surface area contributed by atoms with Crippen molar-refractivity contribution in [3.05, 3.63) is 82.4 Å². The second-order valence-electron chi connectivity index (χ2n) is 6.82. The maximum Gasteiger partial charge on any atom is 0.170 e. The van der Waals surface area contributed by atoms with E-state index in [1.165, 1.54) is 5.39 Å². The van der Waals surface area contributed by atoms with E-state index in [-0.39, 0.29) is 17.5 Å². The molecule has 116 valence electrons. The molecule has 0 N–H and O–H groups in total. The number of benzene rings is 3. The summed E-state index contributed by atoms with van der Waals surface area (Å²) in [5, 5.41) is 2.35. The van der Waals surface area contributed by atoms with Crippen molar-refractivity contribution in [3.63, 3.8) is 0 Å². The van der Waals surface area contributed by atoms with Gasteiger partial charge in [-0.3, -0.25) is 9.59 Å². The molecule has 3 aromatic rings. The van der Waals surface area contributed by atoms with Gasteiger partial charge in [-0.05, 0) is 52.4 Å². The van der Waals surface area contributed by atoms with Crippen molar-refractivity contribution in [1.82, 2.24) is 0 Å². The average Bonchev–Trinajstić information content (AvgIpc) is 3.13. The van der Waals surface area contributed by atoms with Gasteiger partial charge in [0.15, 0.2) is 11.6 Å². The summed E-state index contributed by atoms with van der Waals surface area (Å²) >= 11 is 0. The lowest BCUT2D eigenvalue weighted by atomic mass is 9.93. The first-order valence-corrected chi connectivity index (χ1v) is 8.42. The molecule has 24 heavy (non-hydrogen) atoms. The third kappa shape index (κ3) is 1.89. The molecule has 2 nitrogen and oxygen atoms in total. The molecule has 2 heteroatoms. The molecule has 0 saturated carbocycles. The van der Waals surface area contributed by atoms with Crippen LogP contribution in [0.3, 0.4) is 0 Å². The molecule has 0 saturated heterocycles. The van der Waals surface area contributed by atoms with E-state index in [0.29, 0.717) is 12.8 Å². The Balaban J connectivity index is 1.58. The van der Waals surface area contributed by atoms with E-state index in [1.807, 2.05) is 24.3 Å². The van der Waals surface area contributed by atoms with E-state index in [2.05, 4.69) is 30.3 Å². The molecule has 2 aliphatic carbocycles. The number of hydrogen-bond acceptors (Lipinski definition) is 2. The fourth-order valence-electron chi connectivity index (χ4n) is 4.13. The van der Waals surface area contributed by atoms with Gasteiger partial charge < -0.3 is 0 Å². The van der Waals surface area contributed by atoms with Gasteiger partial charge in [-0.2, -0.15) is 0 Å². The summed E-state index contributed by atoms with van der Waals surface area (Å²) in [5.41, 5.74) is 4.81. The molecule has 0 bridgehead atoms. The van der Waals surface area contributed by atoms with Crippen LogP contribution in [0.4, 0.5) is 0 Å². The second kappa shape index (κ2) is 4.88. The van der Waals surface area contributed by atoms with E-state index in [0.717, 1.165) is 39.6 Å². The van der Waals surface area contributed by atoms with Crippen molar-refractivity contribution in [2.45, 2.75) is 25.2 Å². The minimum atomic E-state index is -0.123. The summed E-state index contributed by atoms with van der Waals surface area (Å²) in [6.07, 6.45) is 2.06. The van der Waals surface area contributed by atoms with Crippen LogP contribution in [-0.4, -0.2) is 11.6 Å². The van der Waals surface area contributed by atoms with Gasteiger partial charge >= 0.3 is 0 Å². The minimum Gasteiger partial charge on any atom is -0.294 e. The molecule has 0 spiro atoms. The zero-order valence-corrected chi connectivity index (χ0v) is 13.2. The lowest BCUT2D eigenvalue weighted by Gasteiger charge is -2.09. The van der Waals surface area contributed by atoms with Gasteiger partial charge in [0.2, 0.25) is 0 Å². The quantitative estimate of drug-likeness (QED) is 0.663. The van der Waals surface area contributed by atoms with E-state index in [1.54, 1.807) is 0 Å². The van der Waals surface area contributed by atoms with Gasteiger partial charge in [0.05, 0.1) is 5.92 Å². The third-order valence-corrected chi connectivity index (χ3v) is 5.43. The highest BCUT2D eigenvalue weighted by Crippen LogP contribution is 2.38. The molecular formula is C22H16O2. The molecular weight excluding hydrogens is 296 g/mol. The molecule has 2 aliphatic rings. The van der Waals surface area contributed by atoms with Crippen LogP contribution >= 0.6 is 0 Å². The van der Waals surface area contributed by atoms with Crippen LogP contribution in [0.25, 0.3) is 10.8 Å². The minimum absolute atomic E-state index is 0.123. The van der Waals surface area contributed by atoms with Crippen molar-refractivity contribution in [3.8, 4) is 0 Å². The fourth-order valence-corrected chi connectivity index (χ4v) is 4.13. The fraction of sp³-hybridized carbons (Fsp3) is 0.182. The maximum atomic E-state index is 12.9. The van der Waals surface area contributed by atoms with Crippen LogP contribution in [0.1, 0.15) is 49.7 Å². The van der Waals surface area contributed by atoms with E-state index in [9.17, 15) is 9.59 Å². The highest BCUT2D eigenvalue weighted by atomic mass is 16.1. The Hall–Kier alpha value is -2.74. The molecule has 0 fully saturated rings. The van der Waals surface area contributed by atoms with Gasteiger partial charge in [0.25, 0.3) is 0 Å². The predicted octanol–water partition coefficient (Wildman–Crippen LogP) is 4.49. The lowest BCUT2D eigenvalue weighted by Crippen LogP contribution is -2.07. The Morgan fingerprint density at radius 1 is 0.750 bits per heavy atom. The summed E-state index contributed by atoms with van der Waals surface area (Å²) in [4.78, 5) is 24.9. The van der Waals surface area contributed by atoms with Gasteiger partial charge in [-0.25, -0.2) is 0 Å². The summed E-state index contributed by atoms with van der Waals surface area (Å²) in [7, 11) is 0. The van der Waals surface area contributed by atoms with Crippen LogP contribution < -0.4 is 0 Å². The number of ketones is 2. The Labute approximate surface area is 140 Å². The van der Waals surface area contributed by atoms with Crippen molar-refractivity contribution in [2.75, 3.05) is 0 Å². The number of carbonyl (C=O) groups excluding carboxylic acids is 2. The number of Topliss-reactive ketones (excluding diaryl/α,β-unsaturated/α-hetero) is 2. The Bertz CT molecular complexity index is 1030. The van der Waals surface area contributed by atoms with Crippen molar-refractivity contribution in [1.29, 1.82) is 0 Å². The molecule has 3 aromatic carbocycles. The van der Waals surface area contributed by atoms with Crippen molar-refractivity contribution >= 4 is 22.3 Å². The normalized spacial score (nSPS) is 18.9. The predicted molar refractivity (Wildman–Crippen MR) is 93.8 cm³/mol. The number of carbonyl (C=O) groups is 2. The Morgan fingerprint density at radius 3 is 2.42 bits per heavy atom. The Kier molecular flexibility index (Phi) is 2.78. The first-order chi connectivity index (χ1) is 11.7. The number of rotatable bonds is 1. The van der Waals surface area contributed by atoms with E-state index >= 15 is 0 Å². The Morgan fingerprint density at radius 2 is 1.54 bits per heavy atom. The molecule has 0 heterocycles. The van der Waals surface area contributed by atoms with Gasteiger partial charge in [-0.15, -0.1) is 0 Å². The molecule has 0 aromatic heterocycles. The van der Waals surface area contributed by atoms with Gasteiger partial charge in [0, 0.05) is 17.5 Å². The second-order valence-corrected chi connectivity index (χ2v) is 6.82. The summed E-state index contributed by atoms with van der Waals surface area (Å²) in [6.45, 7) is 0. The number of aryl methyl sites for hydroxylation is 1. The van der Waals surface area contributed by atoms with Crippen LogP contribution in [0.15, 0.2) is 54.6 Å². The van der Waals surface area contributed by atoms with E-state index in [4.69, 9.17) is 0 Å². The summed E-state index contributed by atoms with van der Waals surface area (Å²) in [6, 6.07) is 18.4. The van der Waals surface area contributed by atoms with Gasteiger partial charge in [-0.1, -0.05) is 42.5 Å². The molecule has 0 aliphatic heterocycles. The van der Waals surface area contributed by atoms with Crippen LogP contribution in [0, 0.1) is 0 Å². The lowest BCUT2D eigenvalue weighted by molar-refractivity contribution is 0.0970. The highest BCUT2D eigenvalue weighted by molar-refractivity contribution is 6.08. The zero-order chi connectivity index (χ0) is 16.3. The monoisotopic (exact) mass is 312 g/mol. The number of fused-ring (bicyclic) bond motifs is 3. The van der Waals surface area contributed by atoms with Gasteiger partial charge in [0.1, 0.15) is 0 Å². The number of hydrogen-bond donors (Lipinski definition) is 0. The van der Waals surface area contributed by atoms with Crippen molar-refractivity contribution < 1.29 is 9.59 Å². The summed E-state index contributed by atoms with van der Waals surface area (Å²) < 4.78 is 0. The van der Waals surface area contributed by atoms with Crippen LogP contribution in [0.2, 0.25) is 0 Å². The van der Waals surface area contributed by atoms with Crippen LogP contribution in [-0.2, 0) is 12.8 Å². The maximum absolute atomic E-state index is 12.9. The van der Waals surface area contributed by atoms with Crippen molar-refractivity contribution in [2.24, 2.45) is 0 Å². The molecule has 0 radical (unpaired) electrons. The summed E-state index contributed by atoms with van der Waals surface area (Å²) in [5.74, 6) is 0.291. The standard InChI is InChI=1S/C22H16O2/c23-21-8-7-16-10-20-17(11-18(16)21)12-19(22(20)24)15-6-5-13-3-1-2-4-14(13)9-15/h1-6,9-11,19H,7-8,12H2. The average molecular weight is 312 g/mol. The molecule has 1 atom stereocenters.